The highest BCUT2D eigenvalue weighted by atomic mass is 32.1. The maximum absolute atomic E-state index is 13.7. The minimum Gasteiger partial charge on any atom is -0.482 e. The average molecular weight is 521 g/mol. The van der Waals surface area contributed by atoms with E-state index in [-0.39, 0.29) is 12.2 Å². The summed E-state index contributed by atoms with van der Waals surface area (Å²) in [6, 6.07) is 14.1. The number of allylic oxidation sites excluding steroid dienone is 1. The van der Waals surface area contributed by atoms with Crippen LogP contribution in [0.2, 0.25) is 0 Å². The van der Waals surface area contributed by atoms with E-state index in [1.54, 1.807) is 48.8 Å². The zero-order chi connectivity index (χ0) is 26.7. The molecule has 1 aromatic heterocycles. The number of thiazole rings is 1. The second-order valence-electron chi connectivity index (χ2n) is 8.88. The average Bonchev–Trinajstić information content (AvgIpc) is 3.16. The molecule has 4 rings (SSSR count). The molecule has 1 N–H and O–H groups in total. The minimum atomic E-state index is -1.08. The van der Waals surface area contributed by atoms with Crippen LogP contribution >= 0.6 is 11.3 Å². The van der Waals surface area contributed by atoms with Crippen LogP contribution < -0.4 is 19.6 Å². The zero-order valence-electron chi connectivity index (χ0n) is 21.1. The third-order valence-electron chi connectivity index (χ3n) is 5.95. The number of nitrogens with zero attached hydrogens (tertiary/aromatic N) is 2. The number of rotatable bonds is 8. The van der Waals surface area contributed by atoms with E-state index in [0.717, 1.165) is 11.1 Å². The standard InChI is InChI=1S/C28H28N2O6S/c1-5-35-27(34)24-17(4)29-28-30(25(24)20-11-9-19(10-12-20)16(2)3)26(33)22(37-28)14-18-7-6-8-21(13-18)36-15-23(31)32/h6-14,16,25H,5,15H2,1-4H3,(H,31,32)/b22-14-/t25-/m1/s1. The van der Waals surface area contributed by atoms with Gasteiger partial charge in [-0.2, -0.15) is 0 Å². The molecule has 9 heteroatoms. The Labute approximate surface area is 217 Å². The lowest BCUT2D eigenvalue weighted by atomic mass is 9.93. The number of benzene rings is 2. The van der Waals surface area contributed by atoms with Gasteiger partial charge in [0.25, 0.3) is 5.56 Å². The zero-order valence-corrected chi connectivity index (χ0v) is 21.9. The van der Waals surface area contributed by atoms with Crippen LogP contribution in [-0.4, -0.2) is 34.8 Å². The molecule has 1 aliphatic heterocycles. The molecule has 1 aliphatic rings. The van der Waals surface area contributed by atoms with E-state index < -0.39 is 24.6 Å². The van der Waals surface area contributed by atoms with E-state index in [1.807, 2.05) is 24.3 Å². The van der Waals surface area contributed by atoms with Crippen LogP contribution in [0.15, 0.2) is 69.6 Å². The van der Waals surface area contributed by atoms with Gasteiger partial charge in [0, 0.05) is 0 Å². The summed E-state index contributed by atoms with van der Waals surface area (Å²) in [5.41, 5.74) is 3.17. The molecule has 37 heavy (non-hydrogen) atoms. The minimum absolute atomic E-state index is 0.208. The number of carbonyl (C=O) groups is 2. The van der Waals surface area contributed by atoms with E-state index in [2.05, 4.69) is 18.8 Å². The van der Waals surface area contributed by atoms with Gasteiger partial charge in [-0.05, 0) is 54.7 Å². The van der Waals surface area contributed by atoms with Crippen molar-refractivity contribution in [1.29, 1.82) is 0 Å². The van der Waals surface area contributed by atoms with Crippen molar-refractivity contribution in [3.8, 4) is 5.75 Å². The third-order valence-corrected chi connectivity index (χ3v) is 6.94. The first-order chi connectivity index (χ1) is 17.7. The van der Waals surface area contributed by atoms with Crippen molar-refractivity contribution in [2.24, 2.45) is 4.99 Å². The molecule has 2 heterocycles. The van der Waals surface area contributed by atoms with Crippen molar-refractivity contribution in [2.45, 2.75) is 39.7 Å². The van der Waals surface area contributed by atoms with Crippen LogP contribution in [0.1, 0.15) is 56.3 Å². The number of ether oxygens (including phenoxy) is 2. The largest absolute Gasteiger partial charge is 0.482 e. The number of carbonyl (C=O) groups excluding carboxylic acids is 1. The van der Waals surface area contributed by atoms with Crippen LogP contribution in [0.5, 0.6) is 5.75 Å². The van der Waals surface area contributed by atoms with Crippen molar-refractivity contribution in [3.05, 3.63) is 96.2 Å². The first-order valence-electron chi connectivity index (χ1n) is 11.9. The van der Waals surface area contributed by atoms with Gasteiger partial charge in [-0.3, -0.25) is 9.36 Å². The normalized spacial score (nSPS) is 15.4. The number of esters is 1. The van der Waals surface area contributed by atoms with Gasteiger partial charge in [-0.1, -0.05) is 61.6 Å². The summed E-state index contributed by atoms with van der Waals surface area (Å²) >= 11 is 1.23. The summed E-state index contributed by atoms with van der Waals surface area (Å²) in [5.74, 6) is -0.854. The number of fused-ring (bicyclic) bond motifs is 1. The van der Waals surface area contributed by atoms with Crippen LogP contribution in [0.4, 0.5) is 0 Å². The van der Waals surface area contributed by atoms with E-state index in [0.29, 0.717) is 37.8 Å². The molecule has 0 fully saturated rings. The Morgan fingerprint density at radius 3 is 2.57 bits per heavy atom. The van der Waals surface area contributed by atoms with E-state index in [1.165, 1.54) is 11.3 Å². The monoisotopic (exact) mass is 520 g/mol. The molecular formula is C28H28N2O6S. The Hall–Kier alpha value is -3.98. The molecule has 192 valence electrons. The summed E-state index contributed by atoms with van der Waals surface area (Å²) in [5, 5.41) is 8.86. The molecule has 0 aliphatic carbocycles. The number of aliphatic carboxylic acids is 1. The lowest BCUT2D eigenvalue weighted by molar-refractivity contribution is -0.140. The van der Waals surface area contributed by atoms with Gasteiger partial charge in [0.2, 0.25) is 0 Å². The Bertz CT molecular complexity index is 1550. The van der Waals surface area contributed by atoms with Gasteiger partial charge < -0.3 is 14.6 Å². The third kappa shape index (κ3) is 5.56. The molecule has 0 saturated heterocycles. The van der Waals surface area contributed by atoms with Crippen LogP contribution in [-0.2, 0) is 14.3 Å². The van der Waals surface area contributed by atoms with Crippen molar-refractivity contribution >= 4 is 29.4 Å². The first-order valence-corrected chi connectivity index (χ1v) is 12.8. The van der Waals surface area contributed by atoms with Gasteiger partial charge in [-0.15, -0.1) is 0 Å². The summed E-state index contributed by atoms with van der Waals surface area (Å²) in [4.78, 5) is 42.6. The van der Waals surface area contributed by atoms with Crippen LogP contribution in [0.25, 0.3) is 6.08 Å². The van der Waals surface area contributed by atoms with Crippen LogP contribution in [0, 0.1) is 0 Å². The van der Waals surface area contributed by atoms with E-state index in [4.69, 9.17) is 14.6 Å². The van der Waals surface area contributed by atoms with Crippen molar-refractivity contribution in [3.63, 3.8) is 0 Å². The Morgan fingerprint density at radius 2 is 1.92 bits per heavy atom. The fraction of sp³-hybridized carbons (Fsp3) is 0.286. The van der Waals surface area contributed by atoms with Gasteiger partial charge in [0.15, 0.2) is 11.4 Å². The highest BCUT2D eigenvalue weighted by molar-refractivity contribution is 7.07. The van der Waals surface area contributed by atoms with Crippen molar-refractivity contribution in [2.75, 3.05) is 13.2 Å². The fourth-order valence-corrected chi connectivity index (χ4v) is 5.21. The molecule has 0 radical (unpaired) electrons. The smallest absolute Gasteiger partial charge is 0.341 e. The summed E-state index contributed by atoms with van der Waals surface area (Å²) in [7, 11) is 0. The number of carboxylic acids is 1. The van der Waals surface area contributed by atoms with Gasteiger partial charge in [0.1, 0.15) is 5.75 Å². The second kappa shape index (κ2) is 11.0. The summed E-state index contributed by atoms with van der Waals surface area (Å²) < 4.78 is 12.6. The van der Waals surface area contributed by atoms with Gasteiger partial charge in [-0.25, -0.2) is 14.6 Å². The molecular weight excluding hydrogens is 492 g/mol. The first kappa shape index (κ1) is 26.1. The predicted molar refractivity (Wildman–Crippen MR) is 141 cm³/mol. The fourth-order valence-electron chi connectivity index (χ4n) is 4.16. The number of carboxylic acid groups (broad SMARTS) is 1. The van der Waals surface area contributed by atoms with Crippen molar-refractivity contribution < 1.29 is 24.2 Å². The number of aromatic nitrogens is 1. The Morgan fingerprint density at radius 1 is 1.19 bits per heavy atom. The lowest BCUT2D eigenvalue weighted by Crippen LogP contribution is -2.39. The van der Waals surface area contributed by atoms with E-state index >= 15 is 0 Å². The second-order valence-corrected chi connectivity index (χ2v) is 9.89. The Balaban J connectivity index is 1.85. The lowest BCUT2D eigenvalue weighted by Gasteiger charge is -2.25. The molecule has 0 amide bonds. The highest BCUT2D eigenvalue weighted by Gasteiger charge is 2.33. The molecule has 2 aromatic carbocycles. The SMILES string of the molecule is CCOC(=O)C1=C(C)N=c2s/c(=C\c3cccc(OCC(=O)O)c3)c(=O)n2[C@@H]1c1ccc(C(C)C)cc1. The Kier molecular flexibility index (Phi) is 7.73. The topological polar surface area (TPSA) is 107 Å². The summed E-state index contributed by atoms with van der Waals surface area (Å²) in [6.07, 6.45) is 1.71. The molecule has 0 unspecified atom stereocenters. The van der Waals surface area contributed by atoms with Crippen LogP contribution in [0.3, 0.4) is 0 Å². The maximum atomic E-state index is 13.7. The maximum Gasteiger partial charge on any atom is 0.341 e. The van der Waals surface area contributed by atoms with Gasteiger partial charge >= 0.3 is 11.9 Å². The molecule has 1 atom stereocenters. The number of hydrogen-bond donors (Lipinski definition) is 1. The summed E-state index contributed by atoms with van der Waals surface area (Å²) in [6.45, 7) is 7.45. The highest BCUT2D eigenvalue weighted by Crippen LogP contribution is 2.31. The molecule has 3 aromatic rings. The molecule has 8 nitrogen and oxygen atoms in total. The molecule has 0 spiro atoms. The molecule has 0 bridgehead atoms. The van der Waals surface area contributed by atoms with Crippen molar-refractivity contribution in [1.82, 2.24) is 4.57 Å². The molecule has 0 saturated carbocycles. The van der Waals surface area contributed by atoms with E-state index in [9.17, 15) is 14.4 Å². The number of hydrogen-bond acceptors (Lipinski definition) is 7. The van der Waals surface area contributed by atoms with Gasteiger partial charge in [0.05, 0.1) is 28.5 Å². The quantitative estimate of drug-likeness (QED) is 0.457. The predicted octanol–water partition coefficient (Wildman–Crippen LogP) is 3.39.